The summed E-state index contributed by atoms with van der Waals surface area (Å²) in [7, 11) is 1.94. The van der Waals surface area contributed by atoms with Gasteiger partial charge in [-0.3, -0.25) is 0 Å². The van der Waals surface area contributed by atoms with E-state index in [0.29, 0.717) is 19.1 Å². The van der Waals surface area contributed by atoms with Crippen molar-refractivity contribution in [1.82, 2.24) is 5.32 Å². The molecule has 0 amide bonds. The highest BCUT2D eigenvalue weighted by molar-refractivity contribution is 5.49. The molecule has 0 aromatic heterocycles. The molecule has 0 saturated carbocycles. The van der Waals surface area contributed by atoms with Crippen LogP contribution in [-0.2, 0) is 0 Å². The number of rotatable bonds is 3. The predicted octanol–water partition coefficient (Wildman–Crippen LogP) is 0.509. The SMILES string of the molecule is CNC(C)c1ccc(N2CC(O)C(O)C2)cc1. The van der Waals surface area contributed by atoms with E-state index in [1.165, 1.54) is 5.56 Å². The maximum absolute atomic E-state index is 9.51. The molecule has 3 atom stereocenters. The van der Waals surface area contributed by atoms with Crippen molar-refractivity contribution in [2.24, 2.45) is 0 Å². The van der Waals surface area contributed by atoms with Crippen LogP contribution in [-0.4, -0.2) is 42.6 Å². The van der Waals surface area contributed by atoms with Crippen LogP contribution in [0.4, 0.5) is 5.69 Å². The molecule has 1 aliphatic rings. The molecule has 1 aromatic carbocycles. The minimum atomic E-state index is -0.633. The Hall–Kier alpha value is -1.10. The van der Waals surface area contributed by atoms with Crippen molar-refractivity contribution < 1.29 is 10.2 Å². The van der Waals surface area contributed by atoms with E-state index in [-0.39, 0.29) is 0 Å². The molecule has 0 aliphatic carbocycles. The number of aliphatic hydroxyl groups excluding tert-OH is 2. The summed E-state index contributed by atoms with van der Waals surface area (Å²) in [6.45, 7) is 3.11. The number of hydrogen-bond donors (Lipinski definition) is 3. The van der Waals surface area contributed by atoms with E-state index in [9.17, 15) is 10.2 Å². The van der Waals surface area contributed by atoms with Gasteiger partial charge in [-0.25, -0.2) is 0 Å². The Morgan fingerprint density at radius 1 is 1.18 bits per heavy atom. The zero-order valence-corrected chi connectivity index (χ0v) is 10.3. The summed E-state index contributed by atoms with van der Waals surface area (Å²) in [4.78, 5) is 2.00. The van der Waals surface area contributed by atoms with Crippen LogP contribution in [0.5, 0.6) is 0 Å². The minimum absolute atomic E-state index is 0.332. The molecule has 94 valence electrons. The van der Waals surface area contributed by atoms with Crippen LogP contribution < -0.4 is 10.2 Å². The van der Waals surface area contributed by atoms with Gasteiger partial charge in [-0.2, -0.15) is 0 Å². The average molecular weight is 236 g/mol. The van der Waals surface area contributed by atoms with Crippen LogP contribution in [0.25, 0.3) is 0 Å². The van der Waals surface area contributed by atoms with Gasteiger partial charge in [0.05, 0.1) is 12.2 Å². The van der Waals surface area contributed by atoms with Crippen molar-refractivity contribution in [2.75, 3.05) is 25.0 Å². The van der Waals surface area contributed by atoms with E-state index >= 15 is 0 Å². The molecular weight excluding hydrogens is 216 g/mol. The maximum Gasteiger partial charge on any atom is 0.0990 e. The maximum atomic E-state index is 9.51. The number of β-amino-alcohol motifs (C(OH)–C–C–N with tert-alkyl or cyclic N) is 2. The van der Waals surface area contributed by atoms with Gasteiger partial charge in [0, 0.05) is 24.8 Å². The monoisotopic (exact) mass is 236 g/mol. The summed E-state index contributed by atoms with van der Waals surface area (Å²) in [6, 6.07) is 8.56. The molecule has 0 radical (unpaired) electrons. The van der Waals surface area contributed by atoms with Crippen molar-refractivity contribution >= 4 is 5.69 Å². The molecule has 4 heteroatoms. The minimum Gasteiger partial charge on any atom is -0.389 e. The molecule has 2 rings (SSSR count). The van der Waals surface area contributed by atoms with E-state index in [4.69, 9.17) is 0 Å². The highest BCUT2D eigenvalue weighted by atomic mass is 16.3. The summed E-state index contributed by atoms with van der Waals surface area (Å²) >= 11 is 0. The third-order valence-corrected chi connectivity index (χ3v) is 3.45. The molecule has 4 nitrogen and oxygen atoms in total. The van der Waals surface area contributed by atoms with Crippen LogP contribution in [0.2, 0.25) is 0 Å². The first kappa shape index (κ1) is 12.4. The summed E-state index contributed by atoms with van der Waals surface area (Å²) < 4.78 is 0. The molecule has 1 fully saturated rings. The van der Waals surface area contributed by atoms with Crippen LogP contribution in [0, 0.1) is 0 Å². The summed E-state index contributed by atoms with van der Waals surface area (Å²) in [5, 5.41) is 22.2. The molecule has 17 heavy (non-hydrogen) atoms. The zero-order chi connectivity index (χ0) is 12.4. The Labute approximate surface area is 102 Å². The Balaban J connectivity index is 2.08. The molecular formula is C13H20N2O2. The Bertz CT molecular complexity index is 356. The lowest BCUT2D eigenvalue weighted by Crippen LogP contribution is -2.22. The molecule has 1 heterocycles. The van der Waals surface area contributed by atoms with Crippen LogP contribution in [0.15, 0.2) is 24.3 Å². The van der Waals surface area contributed by atoms with Crippen LogP contribution >= 0.6 is 0 Å². The summed E-state index contributed by atoms with van der Waals surface area (Å²) in [6.07, 6.45) is -1.27. The van der Waals surface area contributed by atoms with Crippen molar-refractivity contribution in [1.29, 1.82) is 0 Å². The first-order valence-corrected chi connectivity index (χ1v) is 6.00. The van der Waals surface area contributed by atoms with E-state index < -0.39 is 12.2 Å². The molecule has 0 spiro atoms. The normalized spacial score (nSPS) is 26.2. The van der Waals surface area contributed by atoms with Gasteiger partial charge in [0.2, 0.25) is 0 Å². The Kier molecular flexibility index (Phi) is 3.66. The van der Waals surface area contributed by atoms with E-state index in [2.05, 4.69) is 24.4 Å². The molecule has 3 N–H and O–H groups in total. The number of aliphatic hydroxyl groups is 2. The second kappa shape index (κ2) is 5.04. The first-order chi connectivity index (χ1) is 8.11. The van der Waals surface area contributed by atoms with E-state index in [1.807, 2.05) is 24.1 Å². The van der Waals surface area contributed by atoms with Crippen molar-refractivity contribution in [2.45, 2.75) is 25.2 Å². The standard InChI is InChI=1S/C13H20N2O2/c1-9(14-2)10-3-5-11(6-4-10)15-7-12(16)13(17)8-15/h3-6,9,12-14,16-17H,7-8H2,1-2H3. The second-order valence-electron chi connectivity index (χ2n) is 4.64. The van der Waals surface area contributed by atoms with Gasteiger partial charge in [0.15, 0.2) is 0 Å². The van der Waals surface area contributed by atoms with Gasteiger partial charge in [-0.05, 0) is 31.7 Å². The highest BCUT2D eigenvalue weighted by Crippen LogP contribution is 2.22. The van der Waals surface area contributed by atoms with Gasteiger partial charge in [0.25, 0.3) is 0 Å². The largest absolute Gasteiger partial charge is 0.389 e. The lowest BCUT2D eigenvalue weighted by atomic mass is 10.1. The predicted molar refractivity (Wildman–Crippen MR) is 68.1 cm³/mol. The van der Waals surface area contributed by atoms with Crippen LogP contribution in [0.1, 0.15) is 18.5 Å². The van der Waals surface area contributed by atoms with E-state index in [1.54, 1.807) is 0 Å². The van der Waals surface area contributed by atoms with Gasteiger partial charge < -0.3 is 20.4 Å². The third kappa shape index (κ3) is 2.60. The van der Waals surface area contributed by atoms with Gasteiger partial charge in [-0.15, -0.1) is 0 Å². The topological polar surface area (TPSA) is 55.7 Å². The molecule has 1 saturated heterocycles. The summed E-state index contributed by atoms with van der Waals surface area (Å²) in [5.74, 6) is 0. The number of benzene rings is 1. The summed E-state index contributed by atoms with van der Waals surface area (Å²) in [5.41, 5.74) is 2.28. The number of nitrogens with zero attached hydrogens (tertiary/aromatic N) is 1. The van der Waals surface area contributed by atoms with Crippen molar-refractivity contribution in [3.63, 3.8) is 0 Å². The van der Waals surface area contributed by atoms with Gasteiger partial charge in [0.1, 0.15) is 0 Å². The smallest absolute Gasteiger partial charge is 0.0990 e. The zero-order valence-electron chi connectivity index (χ0n) is 10.3. The molecule has 1 aromatic rings. The Morgan fingerprint density at radius 3 is 2.18 bits per heavy atom. The second-order valence-corrected chi connectivity index (χ2v) is 4.64. The number of hydrogen-bond acceptors (Lipinski definition) is 4. The van der Waals surface area contributed by atoms with E-state index in [0.717, 1.165) is 5.69 Å². The fraction of sp³-hybridized carbons (Fsp3) is 0.538. The van der Waals surface area contributed by atoms with Crippen molar-refractivity contribution in [3.05, 3.63) is 29.8 Å². The fourth-order valence-electron chi connectivity index (χ4n) is 2.12. The Morgan fingerprint density at radius 2 is 1.71 bits per heavy atom. The number of anilines is 1. The average Bonchev–Trinajstić information content (AvgIpc) is 2.69. The third-order valence-electron chi connectivity index (χ3n) is 3.45. The lowest BCUT2D eigenvalue weighted by molar-refractivity contribution is 0.0572. The fourth-order valence-corrected chi connectivity index (χ4v) is 2.12. The van der Waals surface area contributed by atoms with Crippen LogP contribution in [0.3, 0.4) is 0 Å². The van der Waals surface area contributed by atoms with Crippen molar-refractivity contribution in [3.8, 4) is 0 Å². The highest BCUT2D eigenvalue weighted by Gasteiger charge is 2.29. The lowest BCUT2D eigenvalue weighted by Gasteiger charge is -2.19. The van der Waals surface area contributed by atoms with Gasteiger partial charge >= 0.3 is 0 Å². The molecule has 3 unspecified atom stereocenters. The quantitative estimate of drug-likeness (QED) is 0.716. The molecule has 1 aliphatic heterocycles. The number of nitrogens with one attached hydrogen (secondary N) is 1. The van der Waals surface area contributed by atoms with Gasteiger partial charge in [-0.1, -0.05) is 12.1 Å². The molecule has 0 bridgehead atoms. The first-order valence-electron chi connectivity index (χ1n) is 6.00.